The van der Waals surface area contributed by atoms with E-state index in [4.69, 9.17) is 0 Å². The van der Waals surface area contributed by atoms with Crippen LogP contribution in [0.15, 0.2) is 54.6 Å². The Labute approximate surface area is 154 Å². The summed E-state index contributed by atoms with van der Waals surface area (Å²) < 4.78 is 13.2. The van der Waals surface area contributed by atoms with Crippen LogP contribution >= 0.6 is 0 Å². The van der Waals surface area contributed by atoms with E-state index in [9.17, 15) is 9.18 Å². The van der Waals surface area contributed by atoms with Crippen molar-refractivity contribution in [1.82, 2.24) is 9.80 Å². The van der Waals surface area contributed by atoms with Crippen LogP contribution in [0, 0.1) is 11.7 Å². The molecule has 0 aromatic heterocycles. The highest BCUT2D eigenvalue weighted by Gasteiger charge is 2.39. The van der Waals surface area contributed by atoms with Gasteiger partial charge in [0.15, 0.2) is 0 Å². The largest absolute Gasteiger partial charge is 0.340 e. The molecule has 1 aliphatic heterocycles. The molecule has 26 heavy (non-hydrogen) atoms. The van der Waals surface area contributed by atoms with Crippen molar-refractivity contribution >= 4 is 5.91 Å². The van der Waals surface area contributed by atoms with Crippen molar-refractivity contribution in [2.24, 2.45) is 5.92 Å². The summed E-state index contributed by atoms with van der Waals surface area (Å²) in [5, 5.41) is 0. The molecule has 1 saturated carbocycles. The first-order valence-electron chi connectivity index (χ1n) is 9.51. The van der Waals surface area contributed by atoms with Crippen molar-refractivity contribution in [3.63, 3.8) is 0 Å². The summed E-state index contributed by atoms with van der Waals surface area (Å²) in [5.41, 5.74) is 2.28. The van der Waals surface area contributed by atoms with Gasteiger partial charge in [-0.1, -0.05) is 42.5 Å². The number of hydrogen-bond donors (Lipinski definition) is 0. The maximum absolute atomic E-state index is 13.2. The van der Waals surface area contributed by atoms with E-state index in [2.05, 4.69) is 29.2 Å². The molecular formula is C22H25FN2O. The molecule has 1 atom stereocenters. The summed E-state index contributed by atoms with van der Waals surface area (Å²) in [6.07, 6.45) is 2.20. The van der Waals surface area contributed by atoms with Gasteiger partial charge in [-0.3, -0.25) is 9.69 Å². The van der Waals surface area contributed by atoms with Gasteiger partial charge in [-0.2, -0.15) is 0 Å². The van der Waals surface area contributed by atoms with Gasteiger partial charge in [0.2, 0.25) is 5.91 Å². The first kappa shape index (κ1) is 17.2. The van der Waals surface area contributed by atoms with Gasteiger partial charge in [0.1, 0.15) is 5.82 Å². The third-order valence-corrected chi connectivity index (χ3v) is 5.52. The molecule has 4 rings (SSSR count). The molecule has 1 unspecified atom stereocenters. The van der Waals surface area contributed by atoms with Crippen LogP contribution in [0.1, 0.15) is 29.9 Å². The van der Waals surface area contributed by atoms with Crippen molar-refractivity contribution < 1.29 is 9.18 Å². The Hall–Kier alpha value is -2.20. The topological polar surface area (TPSA) is 23.6 Å². The van der Waals surface area contributed by atoms with Crippen LogP contribution in [0.4, 0.5) is 4.39 Å². The lowest BCUT2D eigenvalue weighted by molar-refractivity contribution is -0.135. The van der Waals surface area contributed by atoms with E-state index in [1.807, 2.05) is 11.0 Å². The number of amides is 1. The van der Waals surface area contributed by atoms with Gasteiger partial charge in [-0.25, -0.2) is 4.39 Å². The highest BCUT2D eigenvalue weighted by molar-refractivity contribution is 5.84. The molecule has 2 aliphatic rings. The summed E-state index contributed by atoms with van der Waals surface area (Å²) in [4.78, 5) is 17.6. The molecule has 136 valence electrons. The number of carbonyl (C=O) groups excluding carboxylic acids is 1. The smallest absolute Gasteiger partial charge is 0.230 e. The van der Waals surface area contributed by atoms with Crippen molar-refractivity contribution in [3.8, 4) is 0 Å². The minimum atomic E-state index is -0.245. The summed E-state index contributed by atoms with van der Waals surface area (Å²) in [6.45, 7) is 4.29. The quantitative estimate of drug-likeness (QED) is 0.820. The lowest BCUT2D eigenvalue weighted by Gasteiger charge is -2.36. The minimum absolute atomic E-state index is 0.101. The second-order valence-electron chi connectivity index (χ2n) is 7.45. The van der Waals surface area contributed by atoms with Gasteiger partial charge in [0, 0.05) is 32.7 Å². The fraction of sp³-hybridized carbons (Fsp3) is 0.409. The molecule has 2 aromatic rings. The van der Waals surface area contributed by atoms with E-state index in [1.165, 1.54) is 17.7 Å². The van der Waals surface area contributed by atoms with Crippen LogP contribution in [-0.4, -0.2) is 41.9 Å². The Bertz CT molecular complexity index is 734. The number of carbonyl (C=O) groups is 1. The SMILES string of the molecule is O=C(C(c1ccc(F)cc1)C1CC1)N1CCN(Cc2ccccc2)CC1. The van der Waals surface area contributed by atoms with E-state index < -0.39 is 0 Å². The number of benzene rings is 2. The molecule has 2 aromatic carbocycles. The molecule has 0 radical (unpaired) electrons. The van der Waals surface area contributed by atoms with Crippen molar-refractivity contribution in [2.45, 2.75) is 25.3 Å². The second-order valence-corrected chi connectivity index (χ2v) is 7.45. The highest BCUT2D eigenvalue weighted by Crippen LogP contribution is 2.43. The lowest BCUT2D eigenvalue weighted by Crippen LogP contribution is -2.49. The summed E-state index contributed by atoms with van der Waals surface area (Å²) >= 11 is 0. The van der Waals surface area contributed by atoms with Crippen molar-refractivity contribution in [2.75, 3.05) is 26.2 Å². The Balaban J connectivity index is 1.38. The second kappa shape index (κ2) is 7.58. The van der Waals surface area contributed by atoms with E-state index in [-0.39, 0.29) is 17.6 Å². The summed E-state index contributed by atoms with van der Waals surface area (Å²) in [7, 11) is 0. The average Bonchev–Trinajstić information content (AvgIpc) is 3.50. The Kier molecular flexibility index (Phi) is 5.02. The molecule has 1 amide bonds. The fourth-order valence-electron chi connectivity index (χ4n) is 3.88. The third kappa shape index (κ3) is 3.96. The van der Waals surface area contributed by atoms with Gasteiger partial charge in [-0.05, 0) is 42.0 Å². The Morgan fingerprint density at radius 2 is 1.62 bits per heavy atom. The molecule has 1 heterocycles. The zero-order chi connectivity index (χ0) is 17.9. The monoisotopic (exact) mass is 352 g/mol. The molecule has 1 saturated heterocycles. The number of piperazine rings is 1. The van der Waals surface area contributed by atoms with Gasteiger partial charge in [0.05, 0.1) is 5.92 Å². The lowest BCUT2D eigenvalue weighted by atomic mass is 9.92. The van der Waals surface area contributed by atoms with Crippen LogP contribution < -0.4 is 0 Å². The normalized spacial score (nSPS) is 19.3. The third-order valence-electron chi connectivity index (χ3n) is 5.52. The Morgan fingerprint density at radius 1 is 0.962 bits per heavy atom. The number of hydrogen-bond acceptors (Lipinski definition) is 2. The van der Waals surface area contributed by atoms with Crippen LogP contribution in [-0.2, 0) is 11.3 Å². The predicted octanol–water partition coefficient (Wildman–Crippen LogP) is 3.66. The zero-order valence-corrected chi connectivity index (χ0v) is 15.0. The van der Waals surface area contributed by atoms with Gasteiger partial charge in [0.25, 0.3) is 0 Å². The average molecular weight is 352 g/mol. The number of halogens is 1. The van der Waals surface area contributed by atoms with E-state index >= 15 is 0 Å². The van der Waals surface area contributed by atoms with Crippen LogP contribution in [0.25, 0.3) is 0 Å². The van der Waals surface area contributed by atoms with E-state index in [0.717, 1.165) is 51.1 Å². The van der Waals surface area contributed by atoms with Gasteiger partial charge >= 0.3 is 0 Å². The van der Waals surface area contributed by atoms with Crippen molar-refractivity contribution in [3.05, 3.63) is 71.5 Å². The predicted molar refractivity (Wildman–Crippen MR) is 100 cm³/mol. The zero-order valence-electron chi connectivity index (χ0n) is 15.0. The molecule has 0 spiro atoms. The minimum Gasteiger partial charge on any atom is -0.340 e. The standard InChI is InChI=1S/C22H25FN2O/c23-20-10-8-19(9-11-20)21(18-6-7-18)22(26)25-14-12-24(13-15-25)16-17-4-2-1-3-5-17/h1-5,8-11,18,21H,6-7,12-16H2. The maximum Gasteiger partial charge on any atom is 0.230 e. The van der Waals surface area contributed by atoms with Gasteiger partial charge < -0.3 is 4.90 Å². The molecule has 1 aliphatic carbocycles. The molecule has 0 bridgehead atoms. The van der Waals surface area contributed by atoms with Crippen LogP contribution in [0.5, 0.6) is 0 Å². The number of rotatable bonds is 5. The first-order chi connectivity index (χ1) is 12.7. The van der Waals surface area contributed by atoms with E-state index in [0.29, 0.717) is 5.92 Å². The molecule has 3 nitrogen and oxygen atoms in total. The van der Waals surface area contributed by atoms with E-state index in [1.54, 1.807) is 12.1 Å². The number of nitrogens with zero attached hydrogens (tertiary/aromatic N) is 2. The van der Waals surface area contributed by atoms with Crippen LogP contribution in [0.2, 0.25) is 0 Å². The Morgan fingerprint density at radius 3 is 2.23 bits per heavy atom. The molecule has 2 fully saturated rings. The van der Waals surface area contributed by atoms with Crippen LogP contribution in [0.3, 0.4) is 0 Å². The first-order valence-corrected chi connectivity index (χ1v) is 9.51. The van der Waals surface area contributed by atoms with Crippen molar-refractivity contribution in [1.29, 1.82) is 0 Å². The fourth-order valence-corrected chi connectivity index (χ4v) is 3.88. The maximum atomic E-state index is 13.2. The summed E-state index contributed by atoms with van der Waals surface area (Å²) in [6, 6.07) is 17.0. The molecular weight excluding hydrogens is 327 g/mol. The molecule has 0 N–H and O–H groups in total. The van der Waals surface area contributed by atoms with Gasteiger partial charge in [-0.15, -0.1) is 0 Å². The summed E-state index contributed by atoms with van der Waals surface area (Å²) in [5.74, 6) is 0.301. The highest BCUT2D eigenvalue weighted by atomic mass is 19.1. The molecule has 4 heteroatoms.